The molecule has 2 amide bonds. The Morgan fingerprint density at radius 1 is 1.35 bits per heavy atom. The van der Waals surface area contributed by atoms with E-state index in [0.717, 1.165) is 33.1 Å². The van der Waals surface area contributed by atoms with Crippen LogP contribution in [0.25, 0.3) is 17.0 Å². The monoisotopic (exact) mass is 370 g/mol. The maximum atomic E-state index is 12.6. The number of allylic oxidation sites excluding steroid dienone is 1. The fourth-order valence-electron chi connectivity index (χ4n) is 2.91. The number of hydrogen-bond donors (Lipinski definition) is 0. The fourth-order valence-corrected chi connectivity index (χ4v) is 3.81. The summed E-state index contributed by atoms with van der Waals surface area (Å²) in [5.41, 5.74) is 1.85. The third-order valence-corrected chi connectivity index (χ3v) is 5.07. The van der Waals surface area contributed by atoms with Crippen molar-refractivity contribution in [2.75, 3.05) is 7.11 Å². The summed E-state index contributed by atoms with van der Waals surface area (Å²) in [6.07, 6.45) is 5.41. The summed E-state index contributed by atoms with van der Waals surface area (Å²) >= 11 is 0.825. The van der Waals surface area contributed by atoms with Gasteiger partial charge in [-0.1, -0.05) is 24.3 Å². The summed E-state index contributed by atoms with van der Waals surface area (Å²) in [4.78, 5) is 37.8. The van der Waals surface area contributed by atoms with E-state index in [1.165, 1.54) is 14.0 Å². The lowest BCUT2D eigenvalue weighted by atomic mass is 10.1. The van der Waals surface area contributed by atoms with E-state index in [4.69, 9.17) is 0 Å². The molecule has 1 aromatic carbocycles. The summed E-state index contributed by atoms with van der Waals surface area (Å²) in [5.74, 6) is -1.12. The number of nitrogens with zero attached hydrogens (tertiary/aromatic N) is 2. The van der Waals surface area contributed by atoms with Crippen molar-refractivity contribution >= 4 is 45.9 Å². The second-order valence-electron chi connectivity index (χ2n) is 5.79. The van der Waals surface area contributed by atoms with Crippen LogP contribution in [0.3, 0.4) is 0 Å². The lowest BCUT2D eigenvalue weighted by Gasteiger charge is -2.18. The molecule has 0 N–H and O–H groups in total. The number of thioether (sulfide) groups is 1. The Hall–Kier alpha value is -2.80. The van der Waals surface area contributed by atoms with Gasteiger partial charge in [0, 0.05) is 29.2 Å². The van der Waals surface area contributed by atoms with Crippen molar-refractivity contribution in [3.8, 4) is 0 Å². The number of para-hydroxylation sites is 1. The second kappa shape index (κ2) is 7.21. The van der Waals surface area contributed by atoms with Gasteiger partial charge >= 0.3 is 5.97 Å². The molecular weight excluding hydrogens is 352 g/mol. The van der Waals surface area contributed by atoms with Gasteiger partial charge in [-0.15, -0.1) is 6.58 Å². The molecule has 3 rings (SSSR count). The molecule has 0 spiro atoms. The van der Waals surface area contributed by atoms with Gasteiger partial charge in [-0.05, 0) is 30.8 Å². The zero-order valence-electron chi connectivity index (χ0n) is 14.5. The van der Waals surface area contributed by atoms with Crippen molar-refractivity contribution in [3.63, 3.8) is 0 Å². The van der Waals surface area contributed by atoms with Crippen LogP contribution in [0.4, 0.5) is 4.79 Å². The minimum atomic E-state index is -0.958. The molecule has 0 unspecified atom stereocenters. The Kier molecular flexibility index (Phi) is 4.99. The number of esters is 1. The molecule has 2 heterocycles. The van der Waals surface area contributed by atoms with Crippen LogP contribution >= 0.6 is 11.8 Å². The van der Waals surface area contributed by atoms with E-state index in [1.54, 1.807) is 12.2 Å². The lowest BCUT2D eigenvalue weighted by Crippen LogP contribution is -2.42. The number of carbonyl (C=O) groups excluding carboxylic acids is 3. The van der Waals surface area contributed by atoms with Crippen LogP contribution in [-0.2, 0) is 20.9 Å². The number of benzene rings is 1. The molecular formula is C19H18N2O4S. The predicted molar refractivity (Wildman–Crippen MR) is 101 cm³/mol. The topological polar surface area (TPSA) is 68.6 Å². The van der Waals surface area contributed by atoms with Crippen LogP contribution in [0.2, 0.25) is 0 Å². The van der Waals surface area contributed by atoms with E-state index >= 15 is 0 Å². The first-order valence-corrected chi connectivity index (χ1v) is 8.83. The van der Waals surface area contributed by atoms with Gasteiger partial charge in [-0.25, -0.2) is 4.79 Å². The van der Waals surface area contributed by atoms with E-state index in [1.807, 2.05) is 35.0 Å². The first-order valence-electron chi connectivity index (χ1n) is 8.01. The largest absolute Gasteiger partial charge is 0.467 e. The third-order valence-electron chi connectivity index (χ3n) is 4.18. The van der Waals surface area contributed by atoms with Crippen molar-refractivity contribution in [3.05, 3.63) is 53.6 Å². The molecule has 1 aromatic heterocycles. The van der Waals surface area contributed by atoms with Crippen molar-refractivity contribution < 1.29 is 19.1 Å². The van der Waals surface area contributed by atoms with Gasteiger partial charge in [0.05, 0.1) is 12.0 Å². The zero-order chi connectivity index (χ0) is 18.8. The number of hydrogen-bond acceptors (Lipinski definition) is 5. The minimum absolute atomic E-state index is 0.284. The Labute approximate surface area is 155 Å². The molecule has 1 fully saturated rings. The van der Waals surface area contributed by atoms with Crippen LogP contribution in [-0.4, -0.2) is 39.7 Å². The summed E-state index contributed by atoms with van der Waals surface area (Å²) in [5, 5.41) is 0.496. The van der Waals surface area contributed by atoms with E-state index in [0.29, 0.717) is 6.54 Å². The molecule has 1 aliphatic heterocycles. The minimum Gasteiger partial charge on any atom is -0.467 e. The molecule has 7 heteroatoms. The first-order chi connectivity index (χ1) is 12.5. The van der Waals surface area contributed by atoms with Crippen LogP contribution in [0.1, 0.15) is 12.5 Å². The standard InChI is InChI=1S/C19H18N2O4S/c1-4-9-20-11-13(14-7-5-6-8-15(14)20)10-16-17(22)21(19(24)26-16)12(2)18(23)25-3/h4-8,10-12H,1,9H2,2-3H3/b16-10+/t12-/m0/s1. The fraction of sp³-hybridized carbons (Fsp3) is 0.211. The van der Waals surface area contributed by atoms with Gasteiger partial charge in [0.15, 0.2) is 0 Å². The van der Waals surface area contributed by atoms with E-state index < -0.39 is 23.2 Å². The van der Waals surface area contributed by atoms with E-state index in [2.05, 4.69) is 11.3 Å². The van der Waals surface area contributed by atoms with Gasteiger partial charge in [0.2, 0.25) is 0 Å². The molecule has 0 bridgehead atoms. The van der Waals surface area contributed by atoms with Crippen molar-refractivity contribution in [1.29, 1.82) is 0 Å². The highest BCUT2D eigenvalue weighted by Crippen LogP contribution is 2.35. The maximum Gasteiger partial charge on any atom is 0.328 e. The second-order valence-corrected chi connectivity index (χ2v) is 6.79. The smallest absolute Gasteiger partial charge is 0.328 e. The van der Waals surface area contributed by atoms with E-state index in [-0.39, 0.29) is 4.91 Å². The highest BCUT2D eigenvalue weighted by molar-refractivity contribution is 8.18. The van der Waals surface area contributed by atoms with Crippen molar-refractivity contribution in [2.45, 2.75) is 19.5 Å². The molecule has 0 saturated carbocycles. The Morgan fingerprint density at radius 2 is 2.08 bits per heavy atom. The average molecular weight is 370 g/mol. The number of methoxy groups -OCH3 is 1. The van der Waals surface area contributed by atoms with Gasteiger partial charge in [0.25, 0.3) is 11.1 Å². The average Bonchev–Trinajstić information content (AvgIpc) is 3.12. The first kappa shape index (κ1) is 18.0. The van der Waals surface area contributed by atoms with Crippen LogP contribution in [0.15, 0.2) is 48.0 Å². The quantitative estimate of drug-likeness (QED) is 0.458. The van der Waals surface area contributed by atoms with Gasteiger partial charge < -0.3 is 9.30 Å². The predicted octanol–water partition coefficient (Wildman–Crippen LogP) is 3.43. The van der Waals surface area contributed by atoms with Crippen molar-refractivity contribution in [2.24, 2.45) is 0 Å². The highest BCUT2D eigenvalue weighted by Gasteiger charge is 2.41. The summed E-state index contributed by atoms with van der Waals surface area (Å²) in [7, 11) is 1.22. The lowest BCUT2D eigenvalue weighted by molar-refractivity contribution is -0.148. The number of amides is 2. The van der Waals surface area contributed by atoms with Crippen molar-refractivity contribution in [1.82, 2.24) is 9.47 Å². The van der Waals surface area contributed by atoms with Gasteiger partial charge in [-0.2, -0.15) is 0 Å². The molecule has 1 aliphatic rings. The van der Waals surface area contributed by atoms with Crippen LogP contribution in [0, 0.1) is 0 Å². The summed E-state index contributed by atoms with van der Waals surface area (Å²) in [6.45, 7) is 5.87. The maximum absolute atomic E-state index is 12.6. The molecule has 0 radical (unpaired) electrons. The van der Waals surface area contributed by atoms with Crippen LogP contribution in [0.5, 0.6) is 0 Å². The normalized spacial score (nSPS) is 17.2. The molecule has 6 nitrogen and oxygen atoms in total. The zero-order valence-corrected chi connectivity index (χ0v) is 15.3. The number of carbonyl (C=O) groups is 3. The Morgan fingerprint density at radius 3 is 2.77 bits per heavy atom. The number of rotatable bonds is 5. The van der Waals surface area contributed by atoms with Gasteiger partial charge in [0.1, 0.15) is 6.04 Å². The number of aromatic nitrogens is 1. The third kappa shape index (κ3) is 3.06. The molecule has 2 aromatic rings. The Bertz CT molecular complexity index is 944. The molecule has 26 heavy (non-hydrogen) atoms. The summed E-state index contributed by atoms with van der Waals surface area (Å²) in [6, 6.07) is 6.85. The molecule has 0 aliphatic carbocycles. The number of imide groups is 1. The number of ether oxygens (including phenoxy) is 1. The molecule has 1 saturated heterocycles. The SMILES string of the molecule is C=CCn1cc(/C=C2/SC(=O)N([C@@H](C)C(=O)OC)C2=O)c2ccccc21. The molecule has 134 valence electrons. The highest BCUT2D eigenvalue weighted by atomic mass is 32.2. The Balaban J connectivity index is 2.00. The number of fused-ring (bicyclic) bond motifs is 1. The van der Waals surface area contributed by atoms with Gasteiger partial charge in [-0.3, -0.25) is 14.5 Å². The van der Waals surface area contributed by atoms with E-state index in [9.17, 15) is 14.4 Å². The summed E-state index contributed by atoms with van der Waals surface area (Å²) < 4.78 is 6.66. The van der Waals surface area contributed by atoms with Crippen LogP contribution < -0.4 is 0 Å². The molecule has 1 atom stereocenters.